The van der Waals surface area contributed by atoms with Gasteiger partial charge >= 0.3 is 0 Å². The Kier molecular flexibility index (Phi) is 17.0. The van der Waals surface area contributed by atoms with Crippen molar-refractivity contribution in [2.75, 3.05) is 6.61 Å². The Labute approximate surface area is 215 Å². The molecule has 0 aliphatic carbocycles. The first-order valence-electron chi connectivity index (χ1n) is 14.0. The second kappa shape index (κ2) is 20.3. The van der Waals surface area contributed by atoms with Crippen molar-refractivity contribution in [3.63, 3.8) is 0 Å². The molecule has 0 aliphatic rings. The van der Waals surface area contributed by atoms with Gasteiger partial charge in [-0.25, -0.2) is 0 Å². The van der Waals surface area contributed by atoms with Gasteiger partial charge in [-0.1, -0.05) is 144 Å². The van der Waals surface area contributed by atoms with Gasteiger partial charge in [0.15, 0.2) is 0 Å². The van der Waals surface area contributed by atoms with Crippen molar-refractivity contribution < 1.29 is 9.47 Å². The predicted molar refractivity (Wildman–Crippen MR) is 149 cm³/mol. The molecule has 0 amide bonds. The fraction of sp³-hybridized carbons (Fsp3) is 0.562. The third kappa shape index (κ3) is 14.9. The molecule has 0 unspecified atom stereocenters. The van der Waals surface area contributed by atoms with Crippen LogP contribution in [0.3, 0.4) is 0 Å². The van der Waals surface area contributed by atoms with Crippen molar-refractivity contribution in [3.8, 4) is 0 Å². The molecule has 35 heavy (non-hydrogen) atoms. The zero-order valence-electron chi connectivity index (χ0n) is 22.1. The van der Waals surface area contributed by atoms with Crippen molar-refractivity contribution in [2.45, 2.75) is 109 Å². The highest BCUT2D eigenvalue weighted by Crippen LogP contribution is 2.13. The van der Waals surface area contributed by atoms with Gasteiger partial charge in [-0.3, -0.25) is 0 Å². The molecule has 0 saturated carbocycles. The monoisotopic (exact) mass is 479 g/mol. The molecule has 194 valence electrons. The normalized spacial score (nSPS) is 13.3. The summed E-state index contributed by atoms with van der Waals surface area (Å²) in [5, 5.41) is 0. The van der Waals surface area contributed by atoms with Gasteiger partial charge < -0.3 is 15.2 Å². The molecule has 0 aliphatic heterocycles. The van der Waals surface area contributed by atoms with Crippen LogP contribution in [-0.4, -0.2) is 18.8 Å². The van der Waals surface area contributed by atoms with Crippen molar-refractivity contribution in [1.29, 1.82) is 0 Å². The molecule has 0 radical (unpaired) electrons. The van der Waals surface area contributed by atoms with Gasteiger partial charge in [0.25, 0.3) is 0 Å². The summed E-state index contributed by atoms with van der Waals surface area (Å²) < 4.78 is 12.1. The molecule has 3 heteroatoms. The average molecular weight is 480 g/mol. The van der Waals surface area contributed by atoms with E-state index in [9.17, 15) is 0 Å². The Morgan fingerprint density at radius 3 is 1.77 bits per heavy atom. The second-order valence-electron chi connectivity index (χ2n) is 9.68. The molecular weight excluding hydrogens is 430 g/mol. The molecule has 0 saturated heterocycles. The summed E-state index contributed by atoms with van der Waals surface area (Å²) >= 11 is 0. The standard InChI is InChI=1S/C32H49NO2/c1-2-3-4-5-6-7-8-9-10-11-12-13-20-25-32(35-27-30-23-18-15-19-24-30)31(33)28-34-26-29-21-16-14-17-22-29/h14-25,31-32H,2-13,26-28,33H2,1H3/b25-20+/t31-,32+/m0/s1. The molecule has 0 aromatic heterocycles. The van der Waals surface area contributed by atoms with E-state index >= 15 is 0 Å². The van der Waals surface area contributed by atoms with Crippen LogP contribution in [0.15, 0.2) is 72.8 Å². The summed E-state index contributed by atoms with van der Waals surface area (Å²) in [5.74, 6) is 0. The molecular formula is C32H49NO2. The third-order valence-electron chi connectivity index (χ3n) is 6.43. The molecule has 2 aromatic rings. The van der Waals surface area contributed by atoms with Gasteiger partial charge in [0.05, 0.1) is 32.0 Å². The highest BCUT2D eigenvalue weighted by atomic mass is 16.5. The topological polar surface area (TPSA) is 44.5 Å². The number of unbranched alkanes of at least 4 members (excludes halogenated alkanes) is 11. The largest absolute Gasteiger partial charge is 0.375 e. The van der Waals surface area contributed by atoms with Crippen LogP contribution in [0.5, 0.6) is 0 Å². The molecule has 0 bridgehead atoms. The van der Waals surface area contributed by atoms with Crippen LogP contribution in [0.1, 0.15) is 95.1 Å². The lowest BCUT2D eigenvalue weighted by Crippen LogP contribution is -2.39. The van der Waals surface area contributed by atoms with Crippen LogP contribution in [0.2, 0.25) is 0 Å². The Balaban J connectivity index is 1.65. The molecule has 2 N–H and O–H groups in total. The zero-order chi connectivity index (χ0) is 24.8. The maximum Gasteiger partial charge on any atom is 0.0933 e. The average Bonchev–Trinajstić information content (AvgIpc) is 2.89. The summed E-state index contributed by atoms with van der Waals surface area (Å²) in [6, 6.07) is 20.3. The highest BCUT2D eigenvalue weighted by molar-refractivity contribution is 5.14. The van der Waals surface area contributed by atoms with E-state index in [4.69, 9.17) is 15.2 Å². The molecule has 2 aromatic carbocycles. The number of hydrogen-bond acceptors (Lipinski definition) is 3. The van der Waals surface area contributed by atoms with Crippen LogP contribution in [-0.2, 0) is 22.7 Å². The van der Waals surface area contributed by atoms with Gasteiger partial charge in [-0.2, -0.15) is 0 Å². The lowest BCUT2D eigenvalue weighted by atomic mass is 10.0. The van der Waals surface area contributed by atoms with Crippen LogP contribution in [0.4, 0.5) is 0 Å². The minimum absolute atomic E-state index is 0.154. The number of nitrogens with two attached hydrogens (primary N) is 1. The van der Waals surface area contributed by atoms with E-state index in [0.29, 0.717) is 19.8 Å². The molecule has 3 nitrogen and oxygen atoms in total. The molecule has 0 heterocycles. The van der Waals surface area contributed by atoms with Crippen LogP contribution in [0.25, 0.3) is 0 Å². The van der Waals surface area contributed by atoms with E-state index < -0.39 is 0 Å². The van der Waals surface area contributed by atoms with Gasteiger partial charge in [-0.15, -0.1) is 0 Å². The minimum Gasteiger partial charge on any atom is -0.375 e. The number of hydrogen-bond donors (Lipinski definition) is 1. The van der Waals surface area contributed by atoms with Crippen molar-refractivity contribution in [1.82, 2.24) is 0 Å². The van der Waals surface area contributed by atoms with E-state index in [1.807, 2.05) is 36.4 Å². The summed E-state index contributed by atoms with van der Waals surface area (Å²) in [6.07, 6.45) is 20.4. The van der Waals surface area contributed by atoms with E-state index in [2.05, 4.69) is 43.3 Å². The summed E-state index contributed by atoms with van der Waals surface area (Å²) in [7, 11) is 0. The number of ether oxygens (including phenoxy) is 2. The summed E-state index contributed by atoms with van der Waals surface area (Å²) in [5.41, 5.74) is 8.81. The molecule has 0 fully saturated rings. The SMILES string of the molecule is CCCCCCCCCCCCC/C=C/[C@@H](OCc1ccccc1)[C@@H](N)COCc1ccccc1. The van der Waals surface area contributed by atoms with Crippen molar-refractivity contribution >= 4 is 0 Å². The van der Waals surface area contributed by atoms with E-state index in [-0.39, 0.29) is 12.1 Å². The molecule has 0 spiro atoms. The Hall–Kier alpha value is -1.94. The number of rotatable bonds is 21. The molecule has 2 rings (SSSR count). The van der Waals surface area contributed by atoms with Gasteiger partial charge in [0, 0.05) is 0 Å². The van der Waals surface area contributed by atoms with E-state index in [0.717, 1.165) is 17.5 Å². The molecule has 2 atom stereocenters. The zero-order valence-corrected chi connectivity index (χ0v) is 22.1. The second-order valence-corrected chi connectivity index (χ2v) is 9.68. The first-order valence-corrected chi connectivity index (χ1v) is 14.0. The van der Waals surface area contributed by atoms with Crippen LogP contribution >= 0.6 is 0 Å². The maximum atomic E-state index is 6.49. The summed E-state index contributed by atoms with van der Waals surface area (Å²) in [4.78, 5) is 0. The van der Waals surface area contributed by atoms with Gasteiger partial charge in [-0.05, 0) is 24.0 Å². The predicted octanol–water partition coefficient (Wildman–Crippen LogP) is 8.37. The third-order valence-corrected chi connectivity index (χ3v) is 6.43. The fourth-order valence-electron chi connectivity index (χ4n) is 4.23. The Bertz CT molecular complexity index is 747. The van der Waals surface area contributed by atoms with Gasteiger partial charge in [0.2, 0.25) is 0 Å². The first kappa shape index (κ1) is 29.3. The lowest BCUT2D eigenvalue weighted by molar-refractivity contribution is 0.0184. The maximum absolute atomic E-state index is 6.49. The lowest BCUT2D eigenvalue weighted by Gasteiger charge is -2.22. The van der Waals surface area contributed by atoms with Crippen LogP contribution in [0, 0.1) is 0 Å². The smallest absolute Gasteiger partial charge is 0.0933 e. The van der Waals surface area contributed by atoms with E-state index in [1.165, 1.54) is 70.6 Å². The van der Waals surface area contributed by atoms with Crippen molar-refractivity contribution in [2.24, 2.45) is 5.73 Å². The first-order chi connectivity index (χ1) is 17.3. The van der Waals surface area contributed by atoms with E-state index in [1.54, 1.807) is 0 Å². The van der Waals surface area contributed by atoms with Crippen LogP contribution < -0.4 is 5.73 Å². The highest BCUT2D eigenvalue weighted by Gasteiger charge is 2.16. The number of allylic oxidation sites excluding steroid dienone is 1. The quantitative estimate of drug-likeness (QED) is 0.144. The Morgan fingerprint density at radius 2 is 1.20 bits per heavy atom. The minimum atomic E-state index is -0.198. The summed E-state index contributed by atoms with van der Waals surface area (Å²) in [6.45, 7) is 3.88. The number of benzene rings is 2. The Morgan fingerprint density at radius 1 is 0.686 bits per heavy atom. The van der Waals surface area contributed by atoms with Crippen molar-refractivity contribution in [3.05, 3.63) is 83.9 Å². The van der Waals surface area contributed by atoms with Gasteiger partial charge in [0.1, 0.15) is 0 Å². The fourth-order valence-corrected chi connectivity index (χ4v) is 4.23.